The molecule has 2 aliphatic heterocycles. The van der Waals surface area contributed by atoms with E-state index < -0.39 is 23.8 Å². The van der Waals surface area contributed by atoms with E-state index in [2.05, 4.69) is 24.1 Å². The van der Waals surface area contributed by atoms with Gasteiger partial charge in [0.25, 0.3) is 0 Å². The van der Waals surface area contributed by atoms with Crippen LogP contribution < -0.4 is 9.47 Å². The maximum Gasteiger partial charge on any atom is 0.416 e. The van der Waals surface area contributed by atoms with E-state index >= 15 is 0 Å². The van der Waals surface area contributed by atoms with E-state index in [1.54, 1.807) is 7.11 Å². The molecule has 0 N–H and O–H groups in total. The molecule has 0 radical (unpaired) electrons. The van der Waals surface area contributed by atoms with E-state index in [4.69, 9.17) is 14.2 Å². The van der Waals surface area contributed by atoms with Crippen LogP contribution in [0.25, 0.3) is 0 Å². The zero-order valence-electron chi connectivity index (χ0n) is 18.3. The van der Waals surface area contributed by atoms with Gasteiger partial charge in [-0.2, -0.15) is 13.2 Å². The van der Waals surface area contributed by atoms with Crippen molar-refractivity contribution in [2.75, 3.05) is 20.7 Å². The molecule has 5 nitrogen and oxygen atoms in total. The number of benzene rings is 2. The number of methoxy groups -OCH3 is 1. The van der Waals surface area contributed by atoms with E-state index in [1.165, 1.54) is 5.56 Å². The normalized spacial score (nSPS) is 26.1. The quantitative estimate of drug-likeness (QED) is 0.491. The first-order valence-electron chi connectivity index (χ1n) is 10.8. The number of rotatable bonds is 3. The Bertz CT molecular complexity index is 1110. The monoisotopic (exact) mass is 459 g/mol. The molecule has 0 saturated carbocycles. The average Bonchev–Trinajstić information content (AvgIpc) is 3.04. The second kappa shape index (κ2) is 7.80. The van der Waals surface area contributed by atoms with Crippen LogP contribution in [0.2, 0.25) is 0 Å². The summed E-state index contributed by atoms with van der Waals surface area (Å²) in [5.74, 6) is 0.761. The molecule has 33 heavy (non-hydrogen) atoms. The Labute approximate surface area is 189 Å². The molecule has 0 bridgehead atoms. The zero-order chi connectivity index (χ0) is 23.4. The lowest BCUT2D eigenvalue weighted by atomic mass is 9.69. The molecule has 2 aromatic carbocycles. The number of nitrogens with zero attached hydrogens (tertiary/aromatic N) is 1. The number of halogens is 3. The fourth-order valence-electron chi connectivity index (χ4n) is 5.15. The van der Waals surface area contributed by atoms with Gasteiger partial charge in [-0.3, -0.25) is 0 Å². The highest BCUT2D eigenvalue weighted by Gasteiger charge is 2.53. The number of alkyl halides is 3. The van der Waals surface area contributed by atoms with Crippen LogP contribution in [0.5, 0.6) is 11.5 Å². The molecule has 5 rings (SSSR count). The van der Waals surface area contributed by atoms with Crippen molar-refractivity contribution in [1.29, 1.82) is 0 Å². The highest BCUT2D eigenvalue weighted by Crippen LogP contribution is 2.55. The number of esters is 1. The molecule has 8 heteroatoms. The first kappa shape index (κ1) is 21.8. The van der Waals surface area contributed by atoms with Crippen LogP contribution in [0.4, 0.5) is 13.2 Å². The minimum atomic E-state index is -4.45. The first-order valence-corrected chi connectivity index (χ1v) is 10.8. The number of carbonyl (C=O) groups is 1. The lowest BCUT2D eigenvalue weighted by Gasteiger charge is -2.36. The Balaban J connectivity index is 1.40. The predicted molar refractivity (Wildman–Crippen MR) is 114 cm³/mol. The van der Waals surface area contributed by atoms with Crippen molar-refractivity contribution in [3.8, 4) is 11.5 Å². The van der Waals surface area contributed by atoms with Crippen molar-refractivity contribution in [1.82, 2.24) is 4.90 Å². The lowest BCUT2D eigenvalue weighted by molar-refractivity contribution is -0.137. The molecule has 3 aliphatic rings. The maximum absolute atomic E-state index is 12.8. The first-order chi connectivity index (χ1) is 15.7. The summed E-state index contributed by atoms with van der Waals surface area (Å²) in [5.41, 5.74) is 1.27. The summed E-state index contributed by atoms with van der Waals surface area (Å²) in [5, 5.41) is 0. The predicted octanol–water partition coefficient (Wildman–Crippen LogP) is 4.73. The molecule has 1 aliphatic carbocycles. The van der Waals surface area contributed by atoms with Crippen LogP contribution in [0.1, 0.15) is 39.9 Å². The van der Waals surface area contributed by atoms with Gasteiger partial charge in [-0.25, -0.2) is 4.79 Å². The summed E-state index contributed by atoms with van der Waals surface area (Å²) in [6, 6.07) is 8.05. The summed E-state index contributed by atoms with van der Waals surface area (Å²) < 4.78 is 55.9. The molecule has 2 heterocycles. The molecule has 1 unspecified atom stereocenters. The van der Waals surface area contributed by atoms with Gasteiger partial charge in [0.2, 0.25) is 0 Å². The third kappa shape index (κ3) is 3.66. The Morgan fingerprint density at radius 1 is 1.18 bits per heavy atom. The largest absolute Gasteiger partial charge is 0.493 e. The highest BCUT2D eigenvalue weighted by molar-refractivity contribution is 5.89. The van der Waals surface area contributed by atoms with Crippen molar-refractivity contribution in [2.45, 2.75) is 43.2 Å². The minimum Gasteiger partial charge on any atom is -0.493 e. The fourth-order valence-corrected chi connectivity index (χ4v) is 5.15. The topological polar surface area (TPSA) is 48.0 Å². The molecule has 0 amide bonds. The van der Waals surface area contributed by atoms with Crippen LogP contribution in [-0.2, 0) is 22.9 Å². The molecule has 3 atom stereocenters. The van der Waals surface area contributed by atoms with Crippen LogP contribution >= 0.6 is 0 Å². The zero-order valence-corrected chi connectivity index (χ0v) is 18.3. The van der Waals surface area contributed by atoms with Gasteiger partial charge in [0.15, 0.2) is 11.5 Å². The Morgan fingerprint density at radius 3 is 2.64 bits per heavy atom. The van der Waals surface area contributed by atoms with Crippen LogP contribution in [-0.4, -0.2) is 43.8 Å². The lowest BCUT2D eigenvalue weighted by Crippen LogP contribution is -2.43. The summed E-state index contributed by atoms with van der Waals surface area (Å²) >= 11 is 0. The third-order valence-corrected chi connectivity index (χ3v) is 6.84. The van der Waals surface area contributed by atoms with Crippen molar-refractivity contribution >= 4 is 5.97 Å². The molecule has 174 valence electrons. The Hall–Kier alpha value is -3.00. The van der Waals surface area contributed by atoms with Gasteiger partial charge in [0.1, 0.15) is 12.2 Å². The fraction of sp³-hybridized carbons (Fsp3) is 0.400. The number of hydrogen-bond acceptors (Lipinski definition) is 5. The maximum atomic E-state index is 12.8. The molecule has 1 spiro atoms. The molecule has 0 fully saturated rings. The number of hydrogen-bond donors (Lipinski definition) is 0. The van der Waals surface area contributed by atoms with Crippen molar-refractivity contribution in [2.24, 2.45) is 0 Å². The second-order valence-corrected chi connectivity index (χ2v) is 8.88. The van der Waals surface area contributed by atoms with Crippen LogP contribution in [0.3, 0.4) is 0 Å². The summed E-state index contributed by atoms with van der Waals surface area (Å²) in [6.45, 7) is 1.70. The van der Waals surface area contributed by atoms with Crippen LogP contribution in [0.15, 0.2) is 48.6 Å². The minimum absolute atomic E-state index is 0.0763. The standard InChI is InChI=1S/C25H24F3NO4/c1-29-12-11-24-10-9-18(32-23(30)15-3-6-17(7-4-15)25(26,27)28)13-20(24)33-22-19(31-2)8-5-16(14-29)21(22)24/h3-10,18,20H,11-14H2,1-2H3/t18?,20-,24-/m0/s1. The summed E-state index contributed by atoms with van der Waals surface area (Å²) in [4.78, 5) is 14.9. The molecule has 0 saturated heterocycles. The van der Waals surface area contributed by atoms with Gasteiger partial charge in [-0.15, -0.1) is 0 Å². The van der Waals surface area contributed by atoms with Gasteiger partial charge in [0.05, 0.1) is 23.7 Å². The number of ether oxygens (including phenoxy) is 3. The van der Waals surface area contributed by atoms with E-state index in [1.807, 2.05) is 12.1 Å². The van der Waals surface area contributed by atoms with Gasteiger partial charge >= 0.3 is 12.1 Å². The van der Waals surface area contributed by atoms with Crippen molar-refractivity contribution < 1.29 is 32.2 Å². The third-order valence-electron chi connectivity index (χ3n) is 6.84. The van der Waals surface area contributed by atoms with E-state index in [-0.39, 0.29) is 17.1 Å². The molecule has 0 aromatic heterocycles. The SMILES string of the molecule is COc1ccc2c3c1O[C@H]1CC(OC(=O)c4ccc(C(F)(F)F)cc4)C=C[C@@]31CCN(C)C2. The van der Waals surface area contributed by atoms with Crippen molar-refractivity contribution in [3.05, 3.63) is 70.8 Å². The van der Waals surface area contributed by atoms with Crippen molar-refractivity contribution in [3.63, 3.8) is 0 Å². The van der Waals surface area contributed by atoms with Gasteiger partial charge in [-0.05, 0) is 62.0 Å². The molecule has 2 aromatic rings. The second-order valence-electron chi connectivity index (χ2n) is 8.88. The van der Waals surface area contributed by atoms with E-state index in [0.29, 0.717) is 12.2 Å². The van der Waals surface area contributed by atoms with E-state index in [9.17, 15) is 18.0 Å². The number of carbonyl (C=O) groups excluding carboxylic acids is 1. The van der Waals surface area contributed by atoms with Gasteiger partial charge in [0, 0.05) is 18.5 Å². The Kier molecular flexibility index (Phi) is 5.16. The smallest absolute Gasteiger partial charge is 0.416 e. The van der Waals surface area contributed by atoms with Gasteiger partial charge < -0.3 is 19.1 Å². The summed E-state index contributed by atoms with van der Waals surface area (Å²) in [7, 11) is 3.70. The molecular weight excluding hydrogens is 435 g/mol. The average molecular weight is 459 g/mol. The highest BCUT2D eigenvalue weighted by atomic mass is 19.4. The van der Waals surface area contributed by atoms with E-state index in [0.717, 1.165) is 55.1 Å². The van der Waals surface area contributed by atoms with Gasteiger partial charge in [-0.1, -0.05) is 12.1 Å². The Morgan fingerprint density at radius 2 is 1.94 bits per heavy atom. The molecular formula is C25H24F3NO4. The van der Waals surface area contributed by atoms with Crippen LogP contribution in [0, 0.1) is 0 Å². The summed E-state index contributed by atoms with van der Waals surface area (Å²) in [6.07, 6.45) is 0.0429.